The van der Waals surface area contributed by atoms with Gasteiger partial charge in [0.2, 0.25) is 0 Å². The fourth-order valence-electron chi connectivity index (χ4n) is 3.72. The topological polar surface area (TPSA) is 79.2 Å². The molecule has 26 heavy (non-hydrogen) atoms. The molecule has 0 radical (unpaired) electrons. The van der Waals surface area contributed by atoms with Crippen molar-refractivity contribution in [3.05, 3.63) is 35.6 Å². The second kappa shape index (κ2) is 12.8. The largest absolute Gasteiger partial charge is 0.328 e. The van der Waals surface area contributed by atoms with E-state index in [-0.39, 0.29) is 5.78 Å². The van der Waals surface area contributed by atoms with Crippen LogP contribution >= 0.6 is 0 Å². The summed E-state index contributed by atoms with van der Waals surface area (Å²) in [5.41, 5.74) is 11.1. The van der Waals surface area contributed by atoms with E-state index in [1.165, 1.54) is 50.5 Å². The van der Waals surface area contributed by atoms with Gasteiger partial charge in [-0.15, -0.1) is 0 Å². The van der Waals surface area contributed by atoms with E-state index < -0.39 is 0 Å². The van der Waals surface area contributed by atoms with E-state index in [1.54, 1.807) is 0 Å². The Balaban J connectivity index is 1.51. The van der Waals surface area contributed by atoms with Crippen molar-refractivity contribution in [2.45, 2.75) is 70.6 Å². The van der Waals surface area contributed by atoms with E-state index in [0.717, 1.165) is 37.9 Å². The molecule has 0 bridgehead atoms. The first kappa shape index (κ1) is 20.9. The highest BCUT2D eigenvalue weighted by Gasteiger charge is 2.28. The maximum Gasteiger partial charge on any atom is 0.164 e. The number of fused-ring (bicyclic) bond motifs is 1. The number of allylic oxidation sites excluding steroid dienone is 5. The number of nitrogens with two attached hydrogens (primary N) is 1. The van der Waals surface area contributed by atoms with E-state index in [9.17, 15) is 4.79 Å². The van der Waals surface area contributed by atoms with Crippen molar-refractivity contribution in [3.63, 3.8) is 0 Å². The molecule has 1 unspecified atom stereocenters. The average molecular weight is 361 g/mol. The van der Waals surface area contributed by atoms with Gasteiger partial charge in [-0.2, -0.15) is 0 Å². The number of carbonyl (C=O) groups is 1. The lowest BCUT2D eigenvalue weighted by atomic mass is 9.76. The summed E-state index contributed by atoms with van der Waals surface area (Å²) in [5, 5.41) is 0. The zero-order valence-corrected chi connectivity index (χ0v) is 16.1. The van der Waals surface area contributed by atoms with Crippen molar-refractivity contribution in [2.75, 3.05) is 13.1 Å². The molecule has 0 spiro atoms. The average Bonchev–Trinajstić information content (AvgIpc) is 2.67. The fraction of sp³-hybridized carbons (Fsp3) is 0.667. The van der Waals surface area contributed by atoms with Gasteiger partial charge in [-0.05, 0) is 37.2 Å². The molecule has 5 N–H and O–H groups in total. The molecule has 0 amide bonds. The van der Waals surface area contributed by atoms with Gasteiger partial charge in [0.1, 0.15) is 0 Å². The Kier molecular flexibility index (Phi) is 10.3. The van der Waals surface area contributed by atoms with Crippen LogP contribution in [0.5, 0.6) is 0 Å². The van der Waals surface area contributed by atoms with Crippen LogP contribution in [-0.4, -0.2) is 18.9 Å². The van der Waals surface area contributed by atoms with Gasteiger partial charge >= 0.3 is 0 Å². The third-order valence-corrected chi connectivity index (χ3v) is 5.30. The first-order valence-electron chi connectivity index (χ1n) is 10.3. The second-order valence-corrected chi connectivity index (χ2v) is 7.36. The van der Waals surface area contributed by atoms with Gasteiger partial charge in [0, 0.05) is 31.3 Å². The van der Waals surface area contributed by atoms with E-state index >= 15 is 0 Å². The van der Waals surface area contributed by atoms with E-state index in [2.05, 4.69) is 34.5 Å². The normalized spacial score (nSPS) is 21.0. The second-order valence-electron chi connectivity index (χ2n) is 7.36. The van der Waals surface area contributed by atoms with Gasteiger partial charge in [-0.3, -0.25) is 16.1 Å². The number of Topliss-reactive ketones (excluding diaryl/α,β-unsaturated/α-hetero) is 1. The molecule has 1 atom stereocenters. The minimum absolute atomic E-state index is 0.263. The highest BCUT2D eigenvalue weighted by molar-refractivity contribution is 6.00. The number of unbranched alkanes of at least 4 members (excludes halogenated alkanes) is 7. The van der Waals surface area contributed by atoms with Gasteiger partial charge in [-0.1, -0.05) is 56.8 Å². The van der Waals surface area contributed by atoms with Crippen LogP contribution in [0, 0.1) is 5.92 Å². The third kappa shape index (κ3) is 7.44. The van der Waals surface area contributed by atoms with Crippen molar-refractivity contribution < 1.29 is 4.79 Å². The molecule has 0 heterocycles. The van der Waals surface area contributed by atoms with Crippen molar-refractivity contribution in [3.8, 4) is 0 Å². The van der Waals surface area contributed by atoms with Gasteiger partial charge in [0.05, 0.1) is 0 Å². The van der Waals surface area contributed by atoms with Crippen LogP contribution in [0.2, 0.25) is 0 Å². The van der Waals surface area contributed by atoms with Gasteiger partial charge < -0.3 is 5.43 Å². The predicted octanol–water partition coefficient (Wildman–Crippen LogP) is 3.41. The summed E-state index contributed by atoms with van der Waals surface area (Å²) < 4.78 is 0. The van der Waals surface area contributed by atoms with Crippen molar-refractivity contribution in [1.82, 2.24) is 16.3 Å². The molecular formula is C21H36N4O. The number of hydrogen-bond acceptors (Lipinski definition) is 5. The summed E-state index contributed by atoms with van der Waals surface area (Å²) in [6.45, 7) is 1.86. The van der Waals surface area contributed by atoms with Crippen molar-refractivity contribution in [1.29, 1.82) is 0 Å². The molecule has 0 saturated heterocycles. The number of carbonyl (C=O) groups excluding carboxylic acids is 1. The number of hydrazine groups is 2. The molecule has 2 aliphatic carbocycles. The molecule has 2 aliphatic rings. The molecule has 0 aromatic heterocycles. The van der Waals surface area contributed by atoms with Crippen molar-refractivity contribution in [2.24, 2.45) is 11.8 Å². The summed E-state index contributed by atoms with van der Waals surface area (Å²) in [5.74, 6) is 6.04. The predicted molar refractivity (Wildman–Crippen MR) is 108 cm³/mol. The van der Waals surface area contributed by atoms with E-state index in [1.807, 2.05) is 6.20 Å². The fourth-order valence-corrected chi connectivity index (χ4v) is 3.72. The van der Waals surface area contributed by atoms with Gasteiger partial charge in [0.15, 0.2) is 5.78 Å². The first-order valence-corrected chi connectivity index (χ1v) is 10.3. The van der Waals surface area contributed by atoms with Crippen LogP contribution < -0.4 is 22.1 Å². The summed E-state index contributed by atoms with van der Waals surface area (Å²) in [6.07, 6.45) is 21.1. The van der Waals surface area contributed by atoms with Gasteiger partial charge in [-0.25, -0.2) is 5.43 Å². The lowest BCUT2D eigenvalue weighted by molar-refractivity contribution is -0.116. The molecule has 5 nitrogen and oxygen atoms in total. The molecular weight excluding hydrogens is 324 g/mol. The summed E-state index contributed by atoms with van der Waals surface area (Å²) >= 11 is 0. The lowest BCUT2D eigenvalue weighted by Crippen LogP contribution is -2.30. The molecule has 1 saturated carbocycles. The van der Waals surface area contributed by atoms with Gasteiger partial charge in [0.25, 0.3) is 0 Å². The summed E-state index contributed by atoms with van der Waals surface area (Å²) in [4.78, 5) is 12.2. The number of nitrogens with one attached hydrogen (secondary N) is 3. The molecule has 0 aromatic rings. The van der Waals surface area contributed by atoms with Crippen LogP contribution in [0.1, 0.15) is 70.6 Å². The number of rotatable bonds is 13. The Hall–Kier alpha value is -1.43. The maximum atomic E-state index is 12.2. The molecule has 1 fully saturated rings. The summed E-state index contributed by atoms with van der Waals surface area (Å²) in [6, 6.07) is 0. The highest BCUT2D eigenvalue weighted by atomic mass is 16.1. The van der Waals surface area contributed by atoms with Crippen LogP contribution in [-0.2, 0) is 4.79 Å². The van der Waals surface area contributed by atoms with Crippen LogP contribution in [0.15, 0.2) is 35.6 Å². The first-order chi connectivity index (χ1) is 12.8. The highest BCUT2D eigenvalue weighted by Crippen LogP contribution is 2.35. The Labute approximate surface area is 158 Å². The molecule has 2 rings (SSSR count). The molecule has 0 aliphatic heterocycles. The number of hydrogen-bond donors (Lipinski definition) is 4. The minimum Gasteiger partial charge on any atom is -0.328 e. The lowest BCUT2D eigenvalue weighted by Gasteiger charge is -2.27. The SMILES string of the molecule is NNCCCCCCCCCCNNC=C1C(=O)CCC2CC=CC=C12. The molecule has 0 aromatic carbocycles. The zero-order chi connectivity index (χ0) is 18.5. The standard InChI is InChI=1S/C21H36N4O/c22-23-15-9-5-3-1-2-4-6-10-16-24-25-17-20-19-12-8-7-11-18(19)13-14-21(20)26/h7-8,12,17-18,23-25H,1-6,9-11,13-16,22H2. The Morgan fingerprint density at radius 2 is 1.73 bits per heavy atom. The van der Waals surface area contributed by atoms with Crippen molar-refractivity contribution >= 4 is 5.78 Å². The van der Waals surface area contributed by atoms with Crippen LogP contribution in [0.4, 0.5) is 0 Å². The van der Waals surface area contributed by atoms with Crippen LogP contribution in [0.3, 0.4) is 0 Å². The number of ketones is 1. The van der Waals surface area contributed by atoms with E-state index in [0.29, 0.717) is 12.3 Å². The molecule has 146 valence electrons. The van der Waals surface area contributed by atoms with Crippen LogP contribution in [0.25, 0.3) is 0 Å². The molecule has 5 heteroatoms. The van der Waals surface area contributed by atoms with E-state index in [4.69, 9.17) is 5.84 Å². The quantitative estimate of drug-likeness (QED) is 0.175. The Morgan fingerprint density at radius 3 is 2.46 bits per heavy atom. The Bertz CT molecular complexity index is 510. The zero-order valence-electron chi connectivity index (χ0n) is 16.1. The minimum atomic E-state index is 0.263. The Morgan fingerprint density at radius 1 is 1.04 bits per heavy atom. The summed E-state index contributed by atoms with van der Waals surface area (Å²) in [7, 11) is 0. The smallest absolute Gasteiger partial charge is 0.164 e. The monoisotopic (exact) mass is 360 g/mol. The third-order valence-electron chi connectivity index (χ3n) is 5.30. The maximum absolute atomic E-state index is 12.2.